The standard InChI is InChI=1S/C16H24N4O3/c1-13-4-5-14(12-15(13)20(22)23)16(21)17-6-3-7-19-10-8-18(2)9-11-19/h4-5,12H,3,6-11H2,1-2H3,(H,17,21). The first-order chi connectivity index (χ1) is 11.0. The lowest BCUT2D eigenvalue weighted by molar-refractivity contribution is -0.385. The first kappa shape index (κ1) is 17.4. The highest BCUT2D eigenvalue weighted by atomic mass is 16.6. The molecule has 1 aliphatic rings. The molecule has 1 aromatic carbocycles. The minimum atomic E-state index is -0.459. The molecule has 1 aromatic rings. The molecule has 0 saturated carbocycles. The van der Waals surface area contributed by atoms with E-state index in [1.54, 1.807) is 19.1 Å². The molecule has 0 bridgehead atoms. The Kier molecular flexibility index (Phi) is 6.06. The van der Waals surface area contributed by atoms with Crippen LogP contribution >= 0.6 is 0 Å². The predicted molar refractivity (Wildman–Crippen MR) is 88.7 cm³/mol. The number of hydrogen-bond acceptors (Lipinski definition) is 5. The van der Waals surface area contributed by atoms with Crippen LogP contribution < -0.4 is 5.32 Å². The topological polar surface area (TPSA) is 78.7 Å². The van der Waals surface area contributed by atoms with Crippen molar-refractivity contribution in [3.8, 4) is 0 Å². The summed E-state index contributed by atoms with van der Waals surface area (Å²) in [6, 6.07) is 4.57. The van der Waals surface area contributed by atoms with Gasteiger partial charge in [-0.05, 0) is 33.0 Å². The Balaban J connectivity index is 1.77. The normalized spacial score (nSPS) is 16.3. The van der Waals surface area contributed by atoms with E-state index < -0.39 is 4.92 Å². The summed E-state index contributed by atoms with van der Waals surface area (Å²) in [5.74, 6) is -0.258. The van der Waals surface area contributed by atoms with Crippen molar-refractivity contribution < 1.29 is 9.72 Å². The van der Waals surface area contributed by atoms with Crippen LogP contribution in [0.1, 0.15) is 22.3 Å². The zero-order valence-electron chi connectivity index (χ0n) is 13.7. The zero-order valence-corrected chi connectivity index (χ0v) is 13.7. The van der Waals surface area contributed by atoms with Gasteiger partial charge in [0.1, 0.15) is 0 Å². The molecule has 1 N–H and O–H groups in total. The minimum absolute atomic E-state index is 0.0184. The fourth-order valence-electron chi connectivity index (χ4n) is 2.63. The summed E-state index contributed by atoms with van der Waals surface area (Å²) >= 11 is 0. The van der Waals surface area contributed by atoms with Crippen LogP contribution in [0.15, 0.2) is 18.2 Å². The number of benzene rings is 1. The fourth-order valence-corrected chi connectivity index (χ4v) is 2.63. The van der Waals surface area contributed by atoms with Crippen molar-refractivity contribution in [1.82, 2.24) is 15.1 Å². The van der Waals surface area contributed by atoms with Gasteiger partial charge in [0.05, 0.1) is 4.92 Å². The molecule has 23 heavy (non-hydrogen) atoms. The van der Waals surface area contributed by atoms with Crippen LogP contribution in [0.3, 0.4) is 0 Å². The van der Waals surface area contributed by atoms with Gasteiger partial charge in [-0.1, -0.05) is 6.07 Å². The second-order valence-electron chi connectivity index (χ2n) is 6.01. The van der Waals surface area contributed by atoms with Gasteiger partial charge in [-0.15, -0.1) is 0 Å². The van der Waals surface area contributed by atoms with E-state index >= 15 is 0 Å². The summed E-state index contributed by atoms with van der Waals surface area (Å²) < 4.78 is 0. The molecule has 0 spiro atoms. The van der Waals surface area contributed by atoms with Crippen LogP contribution in [-0.2, 0) is 0 Å². The van der Waals surface area contributed by atoms with Gasteiger partial charge in [-0.3, -0.25) is 14.9 Å². The van der Waals surface area contributed by atoms with Crippen molar-refractivity contribution in [1.29, 1.82) is 0 Å². The Labute approximate surface area is 136 Å². The number of nitrogens with one attached hydrogen (secondary N) is 1. The number of hydrogen-bond donors (Lipinski definition) is 1. The maximum atomic E-state index is 12.1. The van der Waals surface area contributed by atoms with E-state index in [2.05, 4.69) is 22.2 Å². The number of rotatable bonds is 6. The average molecular weight is 320 g/mol. The van der Waals surface area contributed by atoms with E-state index in [0.717, 1.165) is 39.1 Å². The largest absolute Gasteiger partial charge is 0.352 e. The lowest BCUT2D eigenvalue weighted by atomic mass is 10.1. The lowest BCUT2D eigenvalue weighted by Gasteiger charge is -2.32. The summed E-state index contributed by atoms with van der Waals surface area (Å²) in [6.07, 6.45) is 0.878. The van der Waals surface area contributed by atoms with Gasteiger partial charge in [0.2, 0.25) is 0 Å². The predicted octanol–water partition coefficient (Wildman–Crippen LogP) is 1.27. The molecule has 0 unspecified atom stereocenters. The summed E-state index contributed by atoms with van der Waals surface area (Å²) in [5, 5.41) is 13.8. The fraction of sp³-hybridized carbons (Fsp3) is 0.562. The SMILES string of the molecule is Cc1ccc(C(=O)NCCCN2CCN(C)CC2)cc1[N+](=O)[O-]. The Morgan fingerprint density at radius 1 is 1.30 bits per heavy atom. The van der Waals surface area contributed by atoms with Crippen LogP contribution in [-0.4, -0.2) is 66.9 Å². The number of nitro groups is 1. The third-order valence-corrected chi connectivity index (χ3v) is 4.20. The molecule has 1 fully saturated rings. The number of carbonyl (C=O) groups is 1. The maximum Gasteiger partial charge on any atom is 0.273 e. The highest BCUT2D eigenvalue weighted by molar-refractivity contribution is 5.94. The molecule has 1 heterocycles. The highest BCUT2D eigenvalue weighted by Crippen LogP contribution is 2.19. The van der Waals surface area contributed by atoms with Crippen molar-refractivity contribution in [2.24, 2.45) is 0 Å². The monoisotopic (exact) mass is 320 g/mol. The molecule has 126 valence electrons. The number of nitro benzene ring substituents is 1. The molecular formula is C16H24N4O3. The van der Waals surface area contributed by atoms with E-state index in [0.29, 0.717) is 17.7 Å². The Morgan fingerprint density at radius 2 is 2.00 bits per heavy atom. The number of amides is 1. The summed E-state index contributed by atoms with van der Waals surface area (Å²) in [6.45, 7) is 7.49. The highest BCUT2D eigenvalue weighted by Gasteiger charge is 2.15. The van der Waals surface area contributed by atoms with Crippen molar-refractivity contribution in [2.75, 3.05) is 46.3 Å². The van der Waals surface area contributed by atoms with Crippen molar-refractivity contribution in [2.45, 2.75) is 13.3 Å². The third-order valence-electron chi connectivity index (χ3n) is 4.20. The first-order valence-corrected chi connectivity index (χ1v) is 7.91. The molecule has 7 heteroatoms. The summed E-state index contributed by atoms with van der Waals surface area (Å²) in [4.78, 5) is 27.2. The van der Waals surface area contributed by atoms with Crippen LogP contribution in [0.2, 0.25) is 0 Å². The molecule has 7 nitrogen and oxygen atoms in total. The number of aryl methyl sites for hydroxylation is 1. The van der Waals surface area contributed by atoms with E-state index in [9.17, 15) is 14.9 Å². The van der Waals surface area contributed by atoms with E-state index in [1.165, 1.54) is 6.07 Å². The van der Waals surface area contributed by atoms with Crippen molar-refractivity contribution in [3.63, 3.8) is 0 Å². The van der Waals surface area contributed by atoms with Gasteiger partial charge in [-0.2, -0.15) is 0 Å². The van der Waals surface area contributed by atoms with Crippen LogP contribution in [0, 0.1) is 17.0 Å². The quantitative estimate of drug-likeness (QED) is 0.485. The molecule has 0 aliphatic carbocycles. The van der Waals surface area contributed by atoms with E-state index in [-0.39, 0.29) is 11.6 Å². The Hall–Kier alpha value is -1.99. The third kappa shape index (κ3) is 5.01. The number of carbonyl (C=O) groups excluding carboxylic acids is 1. The lowest BCUT2D eigenvalue weighted by Crippen LogP contribution is -2.45. The van der Waals surface area contributed by atoms with E-state index in [4.69, 9.17) is 0 Å². The smallest absolute Gasteiger partial charge is 0.273 e. The summed E-state index contributed by atoms with van der Waals surface area (Å²) in [5.41, 5.74) is 0.874. The van der Waals surface area contributed by atoms with Gasteiger partial charge in [-0.25, -0.2) is 0 Å². The van der Waals surface area contributed by atoms with Crippen LogP contribution in [0.25, 0.3) is 0 Å². The number of piperazine rings is 1. The molecule has 0 atom stereocenters. The van der Waals surface area contributed by atoms with Gasteiger partial charge >= 0.3 is 0 Å². The molecular weight excluding hydrogens is 296 g/mol. The zero-order chi connectivity index (χ0) is 16.8. The second kappa shape index (κ2) is 8.03. The van der Waals surface area contributed by atoms with Gasteiger partial charge in [0.25, 0.3) is 11.6 Å². The molecule has 0 radical (unpaired) electrons. The van der Waals surface area contributed by atoms with E-state index in [1.807, 2.05) is 0 Å². The number of nitrogens with zero attached hydrogens (tertiary/aromatic N) is 3. The van der Waals surface area contributed by atoms with Crippen molar-refractivity contribution >= 4 is 11.6 Å². The van der Waals surface area contributed by atoms with Gasteiger partial charge in [0, 0.05) is 49.9 Å². The van der Waals surface area contributed by atoms with Crippen LogP contribution in [0.5, 0.6) is 0 Å². The molecule has 2 rings (SSSR count). The Morgan fingerprint density at radius 3 is 2.65 bits per heavy atom. The molecule has 0 aromatic heterocycles. The average Bonchev–Trinajstić information content (AvgIpc) is 2.53. The molecule has 1 aliphatic heterocycles. The number of likely N-dealkylation sites (N-methyl/N-ethyl adjacent to an activating group) is 1. The summed E-state index contributed by atoms with van der Waals surface area (Å²) in [7, 11) is 2.12. The van der Waals surface area contributed by atoms with Gasteiger partial charge < -0.3 is 15.1 Å². The molecule has 1 saturated heterocycles. The van der Waals surface area contributed by atoms with Crippen molar-refractivity contribution in [3.05, 3.63) is 39.4 Å². The molecule has 1 amide bonds. The van der Waals surface area contributed by atoms with Gasteiger partial charge in [0.15, 0.2) is 0 Å². The second-order valence-corrected chi connectivity index (χ2v) is 6.01. The Bertz CT molecular complexity index is 568. The minimum Gasteiger partial charge on any atom is -0.352 e. The first-order valence-electron chi connectivity index (χ1n) is 7.91. The maximum absolute atomic E-state index is 12.1. The van der Waals surface area contributed by atoms with Crippen LogP contribution in [0.4, 0.5) is 5.69 Å².